The van der Waals surface area contributed by atoms with E-state index in [0.29, 0.717) is 45.5 Å². The molecule has 1 saturated carbocycles. The summed E-state index contributed by atoms with van der Waals surface area (Å²) in [6.45, 7) is 13.4. The van der Waals surface area contributed by atoms with Crippen LogP contribution in [0.1, 0.15) is 123 Å². The highest BCUT2D eigenvalue weighted by atomic mass is 16.6. The van der Waals surface area contributed by atoms with Gasteiger partial charge in [-0.05, 0) is 99.0 Å². The van der Waals surface area contributed by atoms with Gasteiger partial charge >= 0.3 is 12.2 Å². The molecule has 2 heterocycles. The summed E-state index contributed by atoms with van der Waals surface area (Å²) in [5.41, 5.74) is 0.467. The Morgan fingerprint density at radius 3 is 2.17 bits per heavy atom. The zero-order valence-corrected chi connectivity index (χ0v) is 26.3. The molecule has 1 aliphatic heterocycles. The van der Waals surface area contributed by atoms with Crippen molar-refractivity contribution in [2.75, 3.05) is 26.2 Å². The first-order chi connectivity index (χ1) is 19.4. The second-order valence-corrected chi connectivity index (χ2v) is 13.4. The van der Waals surface area contributed by atoms with Crippen molar-refractivity contribution in [2.24, 2.45) is 0 Å². The number of ether oxygens (including phenoxy) is 3. The van der Waals surface area contributed by atoms with Crippen molar-refractivity contribution < 1.29 is 28.9 Å². The molecular weight excluding hydrogens is 524 g/mol. The molecule has 234 valence electrons. The number of carbonyl (C=O) groups excluding carboxylic acids is 2. The first-order valence-electron chi connectivity index (χ1n) is 15.6. The second-order valence-electron chi connectivity index (χ2n) is 13.4. The molecular formula is C31H54N4O6. The fourth-order valence-electron chi connectivity index (χ4n) is 5.54. The van der Waals surface area contributed by atoms with Crippen LogP contribution in [0.4, 0.5) is 9.59 Å². The molecule has 3 rings (SSSR count). The van der Waals surface area contributed by atoms with Gasteiger partial charge in [-0.25, -0.2) is 14.3 Å². The van der Waals surface area contributed by atoms with Gasteiger partial charge in [-0.3, -0.25) is 0 Å². The van der Waals surface area contributed by atoms with Gasteiger partial charge in [0.15, 0.2) is 6.23 Å². The monoisotopic (exact) mass is 578 g/mol. The number of hydrogen-bond donors (Lipinski definition) is 1. The summed E-state index contributed by atoms with van der Waals surface area (Å²) in [5, 5.41) is 14.6. The molecule has 1 aromatic heterocycles. The fraction of sp³-hybridized carbons (Fsp3) is 0.839. The number of aliphatic hydroxyl groups is 1. The van der Waals surface area contributed by atoms with Crippen LogP contribution in [0.3, 0.4) is 0 Å². The Hall–Kier alpha value is -2.33. The Morgan fingerprint density at radius 2 is 1.56 bits per heavy atom. The number of aromatic nitrogens is 2. The maximum Gasteiger partial charge on any atom is 0.410 e. The van der Waals surface area contributed by atoms with E-state index in [-0.39, 0.29) is 31.1 Å². The molecule has 1 atom stereocenters. The third-order valence-corrected chi connectivity index (χ3v) is 7.44. The highest BCUT2D eigenvalue weighted by molar-refractivity contribution is 5.69. The summed E-state index contributed by atoms with van der Waals surface area (Å²) in [6, 6.07) is 2.11. The average Bonchev–Trinajstić information content (AvgIpc) is 3.32. The molecule has 10 heteroatoms. The van der Waals surface area contributed by atoms with Crippen LogP contribution in [0, 0.1) is 0 Å². The van der Waals surface area contributed by atoms with E-state index in [1.165, 1.54) is 6.42 Å². The minimum atomic E-state index is -0.602. The third kappa shape index (κ3) is 11.1. The van der Waals surface area contributed by atoms with E-state index in [0.717, 1.165) is 56.3 Å². The van der Waals surface area contributed by atoms with Gasteiger partial charge in [0.1, 0.15) is 11.2 Å². The highest BCUT2D eigenvalue weighted by Gasteiger charge is 2.30. The number of aliphatic hydroxyl groups excluding tert-OH is 1. The lowest BCUT2D eigenvalue weighted by Crippen LogP contribution is -2.46. The summed E-state index contributed by atoms with van der Waals surface area (Å²) >= 11 is 0. The average molecular weight is 579 g/mol. The van der Waals surface area contributed by atoms with E-state index in [4.69, 9.17) is 19.3 Å². The SMILES string of the molecule is CC(C)(C)OC(=O)N(CCCc1cc(CO)n(C2CCCCO2)n1)CCCN(C(=O)OC(C)(C)C)C1CCCCC1. The molecule has 0 aromatic carbocycles. The lowest BCUT2D eigenvalue weighted by atomic mass is 9.94. The maximum absolute atomic E-state index is 13.1. The number of amides is 2. The second kappa shape index (κ2) is 15.2. The highest BCUT2D eigenvalue weighted by Crippen LogP contribution is 2.26. The van der Waals surface area contributed by atoms with Crippen molar-refractivity contribution in [1.29, 1.82) is 0 Å². The maximum atomic E-state index is 13.1. The molecule has 1 unspecified atom stereocenters. The normalized spacial score (nSPS) is 18.7. The zero-order valence-electron chi connectivity index (χ0n) is 26.3. The lowest BCUT2D eigenvalue weighted by molar-refractivity contribution is -0.0428. The van der Waals surface area contributed by atoms with E-state index < -0.39 is 11.2 Å². The quantitative estimate of drug-likeness (QED) is 0.333. The van der Waals surface area contributed by atoms with Crippen molar-refractivity contribution in [3.05, 3.63) is 17.5 Å². The van der Waals surface area contributed by atoms with Crippen LogP contribution in [0.2, 0.25) is 0 Å². The Kier molecular flexibility index (Phi) is 12.3. The molecule has 2 amide bonds. The van der Waals surface area contributed by atoms with Gasteiger partial charge in [-0.15, -0.1) is 0 Å². The van der Waals surface area contributed by atoms with Crippen molar-refractivity contribution >= 4 is 12.2 Å². The fourth-order valence-corrected chi connectivity index (χ4v) is 5.54. The predicted octanol–water partition coefficient (Wildman–Crippen LogP) is 6.20. The van der Waals surface area contributed by atoms with E-state index in [1.54, 1.807) is 4.90 Å². The Balaban J connectivity index is 1.62. The number of carbonyl (C=O) groups is 2. The molecule has 2 aliphatic rings. The minimum absolute atomic E-state index is 0.0912. The van der Waals surface area contributed by atoms with Crippen molar-refractivity contribution in [2.45, 2.75) is 142 Å². The summed E-state index contributed by atoms with van der Waals surface area (Å²) in [4.78, 5) is 29.9. The van der Waals surface area contributed by atoms with Crippen molar-refractivity contribution in [3.8, 4) is 0 Å². The van der Waals surface area contributed by atoms with Crippen LogP contribution in [-0.2, 0) is 27.2 Å². The van der Waals surface area contributed by atoms with Gasteiger partial charge in [-0.2, -0.15) is 5.10 Å². The number of hydrogen-bond acceptors (Lipinski definition) is 7. The third-order valence-electron chi connectivity index (χ3n) is 7.44. The van der Waals surface area contributed by atoms with Crippen LogP contribution in [0.15, 0.2) is 6.07 Å². The molecule has 1 aliphatic carbocycles. The largest absolute Gasteiger partial charge is 0.444 e. The Bertz CT molecular complexity index is 955. The molecule has 0 radical (unpaired) electrons. The van der Waals surface area contributed by atoms with E-state index in [2.05, 4.69) is 0 Å². The van der Waals surface area contributed by atoms with Crippen LogP contribution >= 0.6 is 0 Å². The van der Waals surface area contributed by atoms with Gasteiger partial charge in [0.05, 0.1) is 18.0 Å². The predicted molar refractivity (Wildman–Crippen MR) is 158 cm³/mol. The van der Waals surface area contributed by atoms with E-state index >= 15 is 0 Å². The molecule has 0 spiro atoms. The molecule has 10 nitrogen and oxygen atoms in total. The lowest BCUT2D eigenvalue weighted by Gasteiger charge is -2.36. The number of rotatable bonds is 11. The Labute approximate surface area is 246 Å². The van der Waals surface area contributed by atoms with Crippen molar-refractivity contribution in [3.63, 3.8) is 0 Å². The number of aryl methyl sites for hydroxylation is 1. The van der Waals surface area contributed by atoms with Crippen LogP contribution < -0.4 is 0 Å². The first kappa shape index (κ1) is 33.2. The molecule has 2 fully saturated rings. The smallest absolute Gasteiger partial charge is 0.410 e. The van der Waals surface area contributed by atoms with Gasteiger partial charge < -0.3 is 29.1 Å². The number of nitrogens with zero attached hydrogens (tertiary/aromatic N) is 4. The van der Waals surface area contributed by atoms with Gasteiger partial charge in [-0.1, -0.05) is 19.3 Å². The molecule has 41 heavy (non-hydrogen) atoms. The van der Waals surface area contributed by atoms with Gasteiger partial charge in [0, 0.05) is 32.3 Å². The summed E-state index contributed by atoms with van der Waals surface area (Å²) in [7, 11) is 0. The van der Waals surface area contributed by atoms with E-state index in [9.17, 15) is 14.7 Å². The standard InChI is InChI=1S/C31H54N4O6/c1-30(2,3)40-28(37)33(18-12-14-24-22-26(23-36)35(32-24)27-17-10-11-21-39-27)19-13-20-34(25-15-8-7-9-16-25)29(38)41-31(4,5)6/h22,25,27,36H,7-21,23H2,1-6H3. The Morgan fingerprint density at radius 1 is 0.927 bits per heavy atom. The van der Waals surface area contributed by atoms with Gasteiger partial charge in [0.2, 0.25) is 0 Å². The van der Waals surface area contributed by atoms with E-state index in [1.807, 2.05) is 57.2 Å². The zero-order chi connectivity index (χ0) is 30.0. The molecule has 0 bridgehead atoms. The van der Waals surface area contributed by atoms with Crippen LogP contribution in [0.5, 0.6) is 0 Å². The summed E-state index contributed by atoms with van der Waals surface area (Å²) in [6.07, 6.45) is 9.70. The van der Waals surface area contributed by atoms with Crippen LogP contribution in [0.25, 0.3) is 0 Å². The first-order valence-corrected chi connectivity index (χ1v) is 15.6. The molecule has 1 saturated heterocycles. The molecule has 1 aromatic rings. The molecule has 1 N–H and O–H groups in total. The minimum Gasteiger partial charge on any atom is -0.444 e. The van der Waals surface area contributed by atoms with Gasteiger partial charge in [0.25, 0.3) is 0 Å². The topological polar surface area (TPSA) is 106 Å². The van der Waals surface area contributed by atoms with Crippen LogP contribution in [-0.4, -0.2) is 80.4 Å². The summed E-state index contributed by atoms with van der Waals surface area (Å²) < 4.78 is 19.2. The summed E-state index contributed by atoms with van der Waals surface area (Å²) in [5.74, 6) is 0. The van der Waals surface area contributed by atoms with Crippen molar-refractivity contribution in [1.82, 2.24) is 19.6 Å².